The molecule has 0 saturated heterocycles. The average molecular weight is 261 g/mol. The zero-order valence-corrected chi connectivity index (χ0v) is 11.7. The van der Waals surface area contributed by atoms with Gasteiger partial charge in [0.25, 0.3) is 0 Å². The van der Waals surface area contributed by atoms with E-state index in [2.05, 4.69) is 24.1 Å². The third-order valence-corrected chi connectivity index (χ3v) is 3.12. The standard InChI is InChI=1S/C15H20FN3/c1-11(2)17-8-14-9-18-12(3)19(14)10-13-6-4-5-7-15(13)16/h4-7,9,11,17H,8,10H2,1-3H3. The normalized spacial score (nSPS) is 11.2. The van der Waals surface area contributed by atoms with E-state index < -0.39 is 0 Å². The fraction of sp³-hybridized carbons (Fsp3) is 0.400. The summed E-state index contributed by atoms with van der Waals surface area (Å²) in [7, 11) is 0. The first-order valence-electron chi connectivity index (χ1n) is 6.55. The fourth-order valence-corrected chi connectivity index (χ4v) is 1.98. The summed E-state index contributed by atoms with van der Waals surface area (Å²) in [5.41, 5.74) is 1.77. The zero-order valence-electron chi connectivity index (χ0n) is 11.7. The molecule has 1 N–H and O–H groups in total. The minimum Gasteiger partial charge on any atom is -0.326 e. The van der Waals surface area contributed by atoms with Crippen LogP contribution in [0, 0.1) is 12.7 Å². The smallest absolute Gasteiger partial charge is 0.128 e. The zero-order chi connectivity index (χ0) is 13.8. The van der Waals surface area contributed by atoms with Crippen LogP contribution in [-0.2, 0) is 13.1 Å². The van der Waals surface area contributed by atoms with Crippen molar-refractivity contribution in [1.82, 2.24) is 14.9 Å². The Hall–Kier alpha value is -1.68. The third kappa shape index (κ3) is 3.41. The minimum absolute atomic E-state index is 0.168. The molecule has 0 spiro atoms. The number of hydrogen-bond acceptors (Lipinski definition) is 2. The molecule has 0 aliphatic carbocycles. The average Bonchev–Trinajstić information content (AvgIpc) is 2.71. The van der Waals surface area contributed by atoms with E-state index in [1.54, 1.807) is 6.07 Å². The number of nitrogens with one attached hydrogen (secondary N) is 1. The molecule has 1 aromatic heterocycles. The molecule has 0 aliphatic heterocycles. The van der Waals surface area contributed by atoms with Gasteiger partial charge in [0.15, 0.2) is 0 Å². The lowest BCUT2D eigenvalue weighted by Crippen LogP contribution is -2.23. The lowest BCUT2D eigenvalue weighted by molar-refractivity contribution is 0.553. The SMILES string of the molecule is Cc1ncc(CNC(C)C)n1Cc1ccccc1F. The van der Waals surface area contributed by atoms with Gasteiger partial charge in [-0.05, 0) is 13.0 Å². The van der Waals surface area contributed by atoms with Gasteiger partial charge in [-0.2, -0.15) is 0 Å². The fourth-order valence-electron chi connectivity index (χ4n) is 1.98. The molecule has 0 fully saturated rings. The molecule has 1 aromatic carbocycles. The van der Waals surface area contributed by atoms with Gasteiger partial charge in [0.2, 0.25) is 0 Å². The predicted molar refractivity (Wildman–Crippen MR) is 74.4 cm³/mol. The summed E-state index contributed by atoms with van der Waals surface area (Å²) >= 11 is 0. The first-order valence-corrected chi connectivity index (χ1v) is 6.55. The molecule has 0 unspecified atom stereocenters. The first kappa shape index (κ1) is 13.7. The Labute approximate surface area is 113 Å². The molecule has 19 heavy (non-hydrogen) atoms. The molecule has 1 heterocycles. The van der Waals surface area contributed by atoms with Crippen molar-refractivity contribution in [2.24, 2.45) is 0 Å². The molecule has 0 saturated carbocycles. The van der Waals surface area contributed by atoms with Crippen molar-refractivity contribution >= 4 is 0 Å². The number of nitrogens with zero attached hydrogens (tertiary/aromatic N) is 2. The van der Waals surface area contributed by atoms with Gasteiger partial charge >= 0.3 is 0 Å². The van der Waals surface area contributed by atoms with E-state index in [1.807, 2.05) is 29.8 Å². The summed E-state index contributed by atoms with van der Waals surface area (Å²) in [4.78, 5) is 4.32. The lowest BCUT2D eigenvalue weighted by Gasteiger charge is -2.13. The van der Waals surface area contributed by atoms with Crippen molar-refractivity contribution in [3.05, 3.63) is 53.4 Å². The van der Waals surface area contributed by atoms with E-state index in [1.165, 1.54) is 6.07 Å². The Morgan fingerprint density at radius 3 is 2.74 bits per heavy atom. The molecular formula is C15H20FN3. The second-order valence-corrected chi connectivity index (χ2v) is 5.01. The topological polar surface area (TPSA) is 29.9 Å². The highest BCUT2D eigenvalue weighted by Gasteiger charge is 2.09. The van der Waals surface area contributed by atoms with Crippen LogP contribution in [0.3, 0.4) is 0 Å². The van der Waals surface area contributed by atoms with Crippen molar-refractivity contribution in [3.8, 4) is 0 Å². The van der Waals surface area contributed by atoms with Crippen LogP contribution in [0.1, 0.15) is 30.9 Å². The Morgan fingerprint density at radius 1 is 1.32 bits per heavy atom. The van der Waals surface area contributed by atoms with Gasteiger partial charge in [-0.15, -0.1) is 0 Å². The van der Waals surface area contributed by atoms with E-state index in [0.29, 0.717) is 18.2 Å². The van der Waals surface area contributed by atoms with Crippen molar-refractivity contribution in [2.45, 2.75) is 39.9 Å². The van der Waals surface area contributed by atoms with Crippen LogP contribution in [-0.4, -0.2) is 15.6 Å². The van der Waals surface area contributed by atoms with Crippen LogP contribution < -0.4 is 5.32 Å². The monoisotopic (exact) mass is 261 g/mol. The van der Waals surface area contributed by atoms with Gasteiger partial charge in [-0.3, -0.25) is 0 Å². The highest BCUT2D eigenvalue weighted by atomic mass is 19.1. The molecule has 4 heteroatoms. The molecule has 2 rings (SSSR count). The first-order chi connectivity index (χ1) is 9.08. The van der Waals surface area contributed by atoms with Crippen LogP contribution in [0.4, 0.5) is 4.39 Å². The summed E-state index contributed by atoms with van der Waals surface area (Å²) in [6, 6.07) is 7.29. The highest BCUT2D eigenvalue weighted by Crippen LogP contribution is 2.13. The lowest BCUT2D eigenvalue weighted by atomic mass is 10.2. The van der Waals surface area contributed by atoms with E-state index in [4.69, 9.17) is 0 Å². The van der Waals surface area contributed by atoms with Gasteiger partial charge in [0.05, 0.1) is 12.2 Å². The van der Waals surface area contributed by atoms with Gasteiger partial charge in [0.1, 0.15) is 11.6 Å². The second kappa shape index (κ2) is 5.97. The van der Waals surface area contributed by atoms with E-state index in [-0.39, 0.29) is 5.82 Å². The molecule has 0 radical (unpaired) electrons. The van der Waals surface area contributed by atoms with Crippen LogP contribution in [0.25, 0.3) is 0 Å². The van der Waals surface area contributed by atoms with Crippen molar-refractivity contribution in [1.29, 1.82) is 0 Å². The van der Waals surface area contributed by atoms with Crippen molar-refractivity contribution in [3.63, 3.8) is 0 Å². The Kier molecular flexibility index (Phi) is 4.32. The quantitative estimate of drug-likeness (QED) is 0.897. The molecule has 3 nitrogen and oxygen atoms in total. The van der Waals surface area contributed by atoms with Crippen LogP contribution in [0.5, 0.6) is 0 Å². The summed E-state index contributed by atoms with van der Waals surface area (Å²) < 4.78 is 15.8. The van der Waals surface area contributed by atoms with Crippen LogP contribution in [0.2, 0.25) is 0 Å². The largest absolute Gasteiger partial charge is 0.326 e. The van der Waals surface area contributed by atoms with Crippen molar-refractivity contribution in [2.75, 3.05) is 0 Å². The second-order valence-electron chi connectivity index (χ2n) is 5.01. The van der Waals surface area contributed by atoms with Crippen LogP contribution in [0.15, 0.2) is 30.5 Å². The molecule has 0 bridgehead atoms. The van der Waals surface area contributed by atoms with E-state index >= 15 is 0 Å². The molecule has 2 aromatic rings. The van der Waals surface area contributed by atoms with Gasteiger partial charge in [-0.25, -0.2) is 9.37 Å². The number of benzene rings is 1. The molecule has 0 aliphatic rings. The number of aryl methyl sites for hydroxylation is 1. The molecule has 0 atom stereocenters. The maximum absolute atomic E-state index is 13.7. The van der Waals surface area contributed by atoms with Gasteiger partial charge in [0, 0.05) is 24.3 Å². The van der Waals surface area contributed by atoms with Crippen LogP contribution >= 0.6 is 0 Å². The Bertz CT molecular complexity index is 546. The third-order valence-electron chi connectivity index (χ3n) is 3.12. The molecule has 0 amide bonds. The highest BCUT2D eigenvalue weighted by molar-refractivity contribution is 5.19. The molecule has 102 valence electrons. The Balaban J connectivity index is 2.20. The summed E-state index contributed by atoms with van der Waals surface area (Å²) in [5.74, 6) is 0.738. The van der Waals surface area contributed by atoms with Gasteiger partial charge < -0.3 is 9.88 Å². The summed E-state index contributed by atoms with van der Waals surface area (Å²) in [6.07, 6.45) is 1.85. The number of halogens is 1. The Morgan fingerprint density at radius 2 is 2.05 bits per heavy atom. The minimum atomic E-state index is -0.168. The number of aromatic nitrogens is 2. The summed E-state index contributed by atoms with van der Waals surface area (Å²) in [5, 5.41) is 3.36. The van der Waals surface area contributed by atoms with Crippen molar-refractivity contribution < 1.29 is 4.39 Å². The maximum Gasteiger partial charge on any atom is 0.128 e. The number of hydrogen-bond donors (Lipinski definition) is 1. The number of rotatable bonds is 5. The maximum atomic E-state index is 13.7. The number of imidazole rings is 1. The summed E-state index contributed by atoms with van der Waals surface area (Å²) in [6.45, 7) is 7.41. The molecular weight excluding hydrogens is 241 g/mol. The van der Waals surface area contributed by atoms with E-state index in [9.17, 15) is 4.39 Å². The van der Waals surface area contributed by atoms with E-state index in [0.717, 1.165) is 18.1 Å². The van der Waals surface area contributed by atoms with Gasteiger partial charge in [-0.1, -0.05) is 32.0 Å². The predicted octanol–water partition coefficient (Wildman–Crippen LogP) is 2.88.